The summed E-state index contributed by atoms with van der Waals surface area (Å²) in [5.74, 6) is -0.236. The number of methoxy groups -OCH3 is 1. The van der Waals surface area contributed by atoms with Crippen LogP contribution in [0.5, 0.6) is 5.75 Å². The van der Waals surface area contributed by atoms with E-state index in [1.165, 1.54) is 0 Å². The van der Waals surface area contributed by atoms with E-state index in [1.807, 2.05) is 55.5 Å². The van der Waals surface area contributed by atoms with E-state index in [2.05, 4.69) is 0 Å². The SMILES string of the molecule is COc1ccc(-c2nc3cc(C(=O)O)ccc3nc2-c2ccc(C)cc2)cc1. The zero-order valence-corrected chi connectivity index (χ0v) is 15.5. The smallest absolute Gasteiger partial charge is 0.335 e. The van der Waals surface area contributed by atoms with Crippen LogP contribution in [0, 0.1) is 6.92 Å². The Bertz CT molecular complexity index is 1170. The van der Waals surface area contributed by atoms with E-state index in [9.17, 15) is 9.90 Å². The molecule has 138 valence electrons. The monoisotopic (exact) mass is 370 g/mol. The normalized spacial score (nSPS) is 10.8. The highest BCUT2D eigenvalue weighted by atomic mass is 16.5. The van der Waals surface area contributed by atoms with E-state index < -0.39 is 5.97 Å². The lowest BCUT2D eigenvalue weighted by Crippen LogP contribution is -1.99. The maximum atomic E-state index is 11.3. The number of nitrogens with zero attached hydrogens (tertiary/aromatic N) is 2. The molecule has 0 fully saturated rings. The third-order valence-corrected chi connectivity index (χ3v) is 4.60. The zero-order valence-electron chi connectivity index (χ0n) is 15.5. The second-order valence-corrected chi connectivity index (χ2v) is 6.52. The number of rotatable bonds is 4. The molecule has 5 heteroatoms. The number of aromatic nitrogens is 2. The van der Waals surface area contributed by atoms with Crippen molar-refractivity contribution in [3.63, 3.8) is 0 Å². The van der Waals surface area contributed by atoms with Crippen molar-refractivity contribution in [2.24, 2.45) is 0 Å². The van der Waals surface area contributed by atoms with E-state index in [1.54, 1.807) is 25.3 Å². The van der Waals surface area contributed by atoms with Gasteiger partial charge < -0.3 is 9.84 Å². The average Bonchev–Trinajstić information content (AvgIpc) is 2.73. The van der Waals surface area contributed by atoms with Crippen molar-refractivity contribution in [3.05, 3.63) is 77.9 Å². The van der Waals surface area contributed by atoms with Gasteiger partial charge in [-0.2, -0.15) is 0 Å². The number of carboxylic acid groups (broad SMARTS) is 1. The second-order valence-electron chi connectivity index (χ2n) is 6.52. The Morgan fingerprint density at radius 3 is 1.96 bits per heavy atom. The number of benzene rings is 3. The van der Waals surface area contributed by atoms with Gasteiger partial charge in [-0.3, -0.25) is 0 Å². The molecule has 0 aliphatic carbocycles. The van der Waals surface area contributed by atoms with Gasteiger partial charge in [0.05, 0.1) is 35.1 Å². The first-order valence-corrected chi connectivity index (χ1v) is 8.82. The van der Waals surface area contributed by atoms with Crippen molar-refractivity contribution < 1.29 is 14.6 Å². The highest BCUT2D eigenvalue weighted by Gasteiger charge is 2.15. The summed E-state index contributed by atoms with van der Waals surface area (Å²) in [6, 6.07) is 20.5. The van der Waals surface area contributed by atoms with Crippen LogP contribution in [0.4, 0.5) is 0 Å². The molecule has 0 spiro atoms. The summed E-state index contributed by atoms with van der Waals surface area (Å²) >= 11 is 0. The van der Waals surface area contributed by atoms with Gasteiger partial charge in [-0.05, 0) is 49.4 Å². The number of ether oxygens (including phenoxy) is 1. The molecule has 0 aliphatic rings. The first kappa shape index (κ1) is 17.7. The van der Waals surface area contributed by atoms with Gasteiger partial charge in [-0.1, -0.05) is 29.8 Å². The summed E-state index contributed by atoms with van der Waals surface area (Å²) in [4.78, 5) is 20.9. The van der Waals surface area contributed by atoms with E-state index in [0.717, 1.165) is 28.1 Å². The van der Waals surface area contributed by atoms with E-state index in [-0.39, 0.29) is 5.56 Å². The molecule has 1 N–H and O–H groups in total. The van der Waals surface area contributed by atoms with Gasteiger partial charge in [0.2, 0.25) is 0 Å². The van der Waals surface area contributed by atoms with Crippen molar-refractivity contribution in [1.29, 1.82) is 0 Å². The van der Waals surface area contributed by atoms with Gasteiger partial charge in [0, 0.05) is 11.1 Å². The molecule has 0 amide bonds. The quantitative estimate of drug-likeness (QED) is 0.548. The summed E-state index contributed by atoms with van der Waals surface area (Å²) in [6.07, 6.45) is 0. The molecule has 0 aliphatic heterocycles. The van der Waals surface area contributed by atoms with Crippen LogP contribution in [-0.2, 0) is 0 Å². The number of aromatic carboxylic acids is 1. The minimum absolute atomic E-state index is 0.186. The van der Waals surface area contributed by atoms with Crippen LogP contribution in [0.15, 0.2) is 66.7 Å². The molecule has 28 heavy (non-hydrogen) atoms. The van der Waals surface area contributed by atoms with Crippen molar-refractivity contribution in [2.75, 3.05) is 7.11 Å². The average molecular weight is 370 g/mol. The molecule has 0 unspecified atom stereocenters. The summed E-state index contributed by atoms with van der Waals surface area (Å²) in [5.41, 5.74) is 5.82. The molecular weight excluding hydrogens is 352 g/mol. The second kappa shape index (κ2) is 7.12. The maximum Gasteiger partial charge on any atom is 0.335 e. The molecule has 0 saturated heterocycles. The largest absolute Gasteiger partial charge is 0.497 e. The van der Waals surface area contributed by atoms with Gasteiger partial charge >= 0.3 is 5.97 Å². The first-order chi connectivity index (χ1) is 13.5. The standard InChI is InChI=1S/C23H18N2O3/c1-14-3-5-15(6-4-14)21-22(16-7-10-18(28-2)11-8-16)25-20-13-17(23(26)27)9-12-19(20)24-21/h3-13H,1-2H3,(H,26,27). The molecule has 0 bridgehead atoms. The molecule has 5 nitrogen and oxygen atoms in total. The summed E-state index contributed by atoms with van der Waals surface area (Å²) < 4.78 is 5.24. The van der Waals surface area contributed by atoms with Gasteiger partial charge in [0.25, 0.3) is 0 Å². The van der Waals surface area contributed by atoms with Crippen molar-refractivity contribution in [3.8, 4) is 28.3 Å². The van der Waals surface area contributed by atoms with Gasteiger partial charge in [-0.15, -0.1) is 0 Å². The lowest BCUT2D eigenvalue weighted by molar-refractivity contribution is 0.0697. The number of aryl methyl sites for hydroxylation is 1. The Morgan fingerprint density at radius 1 is 0.821 bits per heavy atom. The van der Waals surface area contributed by atoms with Gasteiger partial charge in [-0.25, -0.2) is 14.8 Å². The molecule has 4 aromatic rings. The minimum Gasteiger partial charge on any atom is -0.497 e. The van der Waals surface area contributed by atoms with Crippen LogP contribution in [0.1, 0.15) is 15.9 Å². The van der Waals surface area contributed by atoms with Crippen LogP contribution in [0.25, 0.3) is 33.5 Å². The van der Waals surface area contributed by atoms with E-state index in [0.29, 0.717) is 16.7 Å². The predicted octanol–water partition coefficient (Wildman–Crippen LogP) is 4.98. The summed E-state index contributed by atoms with van der Waals surface area (Å²) in [5, 5.41) is 9.28. The fraction of sp³-hybridized carbons (Fsp3) is 0.0870. The van der Waals surface area contributed by atoms with Crippen LogP contribution < -0.4 is 4.74 Å². The van der Waals surface area contributed by atoms with Crippen molar-refractivity contribution >= 4 is 17.0 Å². The third kappa shape index (κ3) is 3.30. The lowest BCUT2D eigenvalue weighted by Gasteiger charge is -2.12. The van der Waals surface area contributed by atoms with Crippen LogP contribution in [0.3, 0.4) is 0 Å². The highest BCUT2D eigenvalue weighted by Crippen LogP contribution is 2.32. The Kier molecular flexibility index (Phi) is 4.49. The van der Waals surface area contributed by atoms with Crippen LogP contribution >= 0.6 is 0 Å². The van der Waals surface area contributed by atoms with E-state index in [4.69, 9.17) is 14.7 Å². The zero-order chi connectivity index (χ0) is 19.7. The Hall–Kier alpha value is -3.73. The van der Waals surface area contributed by atoms with Crippen molar-refractivity contribution in [1.82, 2.24) is 9.97 Å². The number of hydrogen-bond donors (Lipinski definition) is 1. The lowest BCUT2D eigenvalue weighted by atomic mass is 10.0. The Morgan fingerprint density at radius 2 is 1.39 bits per heavy atom. The molecule has 0 atom stereocenters. The number of carbonyl (C=O) groups is 1. The van der Waals surface area contributed by atoms with Crippen LogP contribution in [0.2, 0.25) is 0 Å². The molecule has 3 aromatic carbocycles. The number of carboxylic acids is 1. The topological polar surface area (TPSA) is 72.3 Å². The molecule has 0 radical (unpaired) electrons. The summed E-state index contributed by atoms with van der Waals surface area (Å²) in [7, 11) is 1.62. The molecule has 1 heterocycles. The van der Waals surface area contributed by atoms with Gasteiger partial charge in [0.1, 0.15) is 5.75 Å². The highest BCUT2D eigenvalue weighted by molar-refractivity contribution is 5.94. The van der Waals surface area contributed by atoms with E-state index >= 15 is 0 Å². The Labute approximate surface area is 162 Å². The fourth-order valence-corrected chi connectivity index (χ4v) is 3.05. The minimum atomic E-state index is -0.989. The maximum absolute atomic E-state index is 11.3. The molecule has 0 saturated carbocycles. The first-order valence-electron chi connectivity index (χ1n) is 8.82. The number of fused-ring (bicyclic) bond motifs is 1. The van der Waals surface area contributed by atoms with Gasteiger partial charge in [0.15, 0.2) is 0 Å². The van der Waals surface area contributed by atoms with Crippen molar-refractivity contribution in [2.45, 2.75) is 6.92 Å². The Balaban J connectivity index is 1.97. The molecular formula is C23H18N2O3. The third-order valence-electron chi connectivity index (χ3n) is 4.60. The fourth-order valence-electron chi connectivity index (χ4n) is 3.05. The predicted molar refractivity (Wildman–Crippen MR) is 109 cm³/mol. The molecule has 4 rings (SSSR count). The number of hydrogen-bond acceptors (Lipinski definition) is 4. The van der Waals surface area contributed by atoms with Crippen LogP contribution in [-0.4, -0.2) is 28.2 Å². The molecule has 1 aromatic heterocycles. The summed E-state index contributed by atoms with van der Waals surface area (Å²) in [6.45, 7) is 2.04.